The molecule has 30 heavy (non-hydrogen) atoms. The molecule has 3 aromatic rings. The van der Waals surface area contributed by atoms with Crippen molar-refractivity contribution in [2.75, 3.05) is 13.1 Å². The third-order valence-corrected chi connectivity index (χ3v) is 6.93. The Bertz CT molecular complexity index is 1080. The van der Waals surface area contributed by atoms with Crippen LogP contribution in [-0.4, -0.2) is 43.6 Å². The summed E-state index contributed by atoms with van der Waals surface area (Å²) in [6, 6.07) is 6.52. The van der Waals surface area contributed by atoms with Crippen molar-refractivity contribution < 1.29 is 4.79 Å². The number of fused-ring (bicyclic) bond motifs is 3. The molecular formula is C24H31N5O. The molecule has 1 aliphatic heterocycles. The summed E-state index contributed by atoms with van der Waals surface area (Å²) >= 11 is 0. The summed E-state index contributed by atoms with van der Waals surface area (Å²) in [4.78, 5) is 19.2. The first-order valence-corrected chi connectivity index (χ1v) is 11.3. The minimum absolute atomic E-state index is 0.132. The fourth-order valence-electron chi connectivity index (χ4n) is 5.28. The highest BCUT2D eigenvalue weighted by Crippen LogP contribution is 2.34. The van der Waals surface area contributed by atoms with Gasteiger partial charge in [-0.2, -0.15) is 0 Å². The van der Waals surface area contributed by atoms with Gasteiger partial charge in [-0.25, -0.2) is 0 Å². The van der Waals surface area contributed by atoms with Crippen LogP contribution in [0.3, 0.4) is 0 Å². The van der Waals surface area contributed by atoms with Crippen LogP contribution in [0, 0.1) is 5.92 Å². The van der Waals surface area contributed by atoms with Crippen LogP contribution in [0.5, 0.6) is 0 Å². The SMILES string of the molecule is CC1CCc2[nH]c3c(C(=O)N4CCCC(c5nncn5C(C)C)C4)cccc3c2C1. The molecule has 1 aliphatic carbocycles. The number of benzene rings is 1. The maximum Gasteiger partial charge on any atom is 0.256 e. The van der Waals surface area contributed by atoms with Crippen molar-refractivity contribution in [1.29, 1.82) is 0 Å². The number of likely N-dealkylation sites (tertiary alicyclic amines) is 1. The summed E-state index contributed by atoms with van der Waals surface area (Å²) in [5, 5.41) is 9.76. The number of carbonyl (C=O) groups excluding carboxylic acids is 1. The number of H-pyrrole nitrogens is 1. The Hall–Kier alpha value is -2.63. The molecule has 6 nitrogen and oxygen atoms in total. The van der Waals surface area contributed by atoms with Gasteiger partial charge in [-0.3, -0.25) is 4.79 Å². The van der Waals surface area contributed by atoms with Gasteiger partial charge in [0.25, 0.3) is 5.91 Å². The Labute approximate surface area is 177 Å². The van der Waals surface area contributed by atoms with Crippen molar-refractivity contribution in [3.05, 3.63) is 47.2 Å². The first kappa shape index (κ1) is 19.3. The molecule has 1 saturated heterocycles. The Morgan fingerprint density at radius 1 is 1.27 bits per heavy atom. The number of aromatic nitrogens is 4. The number of hydrogen-bond acceptors (Lipinski definition) is 3. The molecule has 0 spiro atoms. The van der Waals surface area contributed by atoms with Gasteiger partial charge in [-0.05, 0) is 63.5 Å². The van der Waals surface area contributed by atoms with Crippen LogP contribution >= 0.6 is 0 Å². The van der Waals surface area contributed by atoms with E-state index in [1.165, 1.54) is 23.1 Å². The van der Waals surface area contributed by atoms with E-state index in [1.54, 1.807) is 0 Å². The Kier molecular flexibility index (Phi) is 4.88. The van der Waals surface area contributed by atoms with Crippen molar-refractivity contribution >= 4 is 16.8 Å². The highest BCUT2D eigenvalue weighted by atomic mass is 16.2. The lowest BCUT2D eigenvalue weighted by Gasteiger charge is -2.33. The van der Waals surface area contributed by atoms with Crippen molar-refractivity contribution in [2.24, 2.45) is 5.92 Å². The average Bonchev–Trinajstić information content (AvgIpc) is 3.38. The van der Waals surface area contributed by atoms with Crippen LogP contribution in [0.2, 0.25) is 0 Å². The largest absolute Gasteiger partial charge is 0.358 e. The maximum atomic E-state index is 13.6. The average molecular weight is 406 g/mol. The van der Waals surface area contributed by atoms with E-state index in [2.05, 4.69) is 46.6 Å². The predicted molar refractivity (Wildman–Crippen MR) is 118 cm³/mol. The lowest BCUT2D eigenvalue weighted by Crippen LogP contribution is -2.40. The van der Waals surface area contributed by atoms with Gasteiger partial charge in [0, 0.05) is 36.1 Å². The number of aromatic amines is 1. The van der Waals surface area contributed by atoms with Crippen LogP contribution in [0.1, 0.15) is 79.4 Å². The van der Waals surface area contributed by atoms with Gasteiger partial charge in [0.15, 0.2) is 0 Å². The summed E-state index contributed by atoms with van der Waals surface area (Å²) in [6.07, 6.45) is 7.25. The number of aryl methyl sites for hydroxylation is 1. The molecule has 5 rings (SSSR count). The van der Waals surface area contributed by atoms with Crippen molar-refractivity contribution in [2.45, 2.75) is 64.8 Å². The number of para-hydroxylation sites is 1. The number of nitrogens with zero attached hydrogens (tertiary/aromatic N) is 4. The molecule has 2 aliphatic rings. The number of piperidine rings is 1. The molecule has 6 heteroatoms. The van der Waals surface area contributed by atoms with E-state index in [9.17, 15) is 4.79 Å². The van der Waals surface area contributed by atoms with Gasteiger partial charge in [0.2, 0.25) is 0 Å². The Morgan fingerprint density at radius 2 is 2.13 bits per heavy atom. The van der Waals surface area contributed by atoms with Crippen LogP contribution in [0.4, 0.5) is 0 Å². The molecule has 0 radical (unpaired) electrons. The highest BCUT2D eigenvalue weighted by Gasteiger charge is 2.30. The zero-order chi connectivity index (χ0) is 20.8. The number of hydrogen-bond donors (Lipinski definition) is 1. The van der Waals surface area contributed by atoms with E-state index in [1.807, 2.05) is 23.4 Å². The molecule has 2 atom stereocenters. The fourth-order valence-corrected chi connectivity index (χ4v) is 5.28. The van der Waals surface area contributed by atoms with Crippen molar-refractivity contribution in [3.63, 3.8) is 0 Å². The number of amides is 1. The highest BCUT2D eigenvalue weighted by molar-refractivity contribution is 6.06. The van der Waals surface area contributed by atoms with Gasteiger partial charge >= 0.3 is 0 Å². The Balaban J connectivity index is 1.45. The van der Waals surface area contributed by atoms with Gasteiger partial charge in [0.05, 0.1) is 11.1 Å². The lowest BCUT2D eigenvalue weighted by atomic mass is 9.87. The predicted octanol–water partition coefficient (Wildman–Crippen LogP) is 4.48. The van der Waals surface area contributed by atoms with Gasteiger partial charge in [0.1, 0.15) is 12.2 Å². The number of rotatable bonds is 3. The Morgan fingerprint density at radius 3 is 2.97 bits per heavy atom. The summed E-state index contributed by atoms with van der Waals surface area (Å²) in [7, 11) is 0. The molecule has 3 heterocycles. The van der Waals surface area contributed by atoms with E-state index < -0.39 is 0 Å². The van der Waals surface area contributed by atoms with Crippen LogP contribution < -0.4 is 0 Å². The molecule has 0 saturated carbocycles. The standard InChI is InChI=1S/C24H31N5O/c1-15(2)29-14-25-27-23(29)17-6-5-11-28(13-17)24(30)19-8-4-7-18-20-12-16(3)9-10-21(20)26-22(18)19/h4,7-8,14-17,26H,5-6,9-13H2,1-3H3. The van der Waals surface area contributed by atoms with Crippen LogP contribution in [-0.2, 0) is 12.8 Å². The minimum atomic E-state index is 0.132. The molecule has 0 bridgehead atoms. The van der Waals surface area contributed by atoms with E-state index in [4.69, 9.17) is 0 Å². The van der Waals surface area contributed by atoms with E-state index in [0.29, 0.717) is 18.5 Å². The van der Waals surface area contributed by atoms with E-state index in [-0.39, 0.29) is 11.8 Å². The molecule has 2 aromatic heterocycles. The molecule has 1 aromatic carbocycles. The van der Waals surface area contributed by atoms with Crippen molar-refractivity contribution in [3.8, 4) is 0 Å². The molecule has 158 valence electrons. The smallest absolute Gasteiger partial charge is 0.256 e. The first-order valence-electron chi connectivity index (χ1n) is 11.3. The first-order chi connectivity index (χ1) is 14.5. The molecule has 1 fully saturated rings. The molecule has 2 unspecified atom stereocenters. The minimum Gasteiger partial charge on any atom is -0.358 e. The topological polar surface area (TPSA) is 66.8 Å². The lowest BCUT2D eigenvalue weighted by molar-refractivity contribution is 0.0704. The van der Waals surface area contributed by atoms with E-state index in [0.717, 1.165) is 49.1 Å². The zero-order valence-corrected chi connectivity index (χ0v) is 18.2. The zero-order valence-electron chi connectivity index (χ0n) is 18.2. The third-order valence-electron chi connectivity index (χ3n) is 6.93. The quantitative estimate of drug-likeness (QED) is 0.698. The van der Waals surface area contributed by atoms with Gasteiger partial charge < -0.3 is 14.5 Å². The van der Waals surface area contributed by atoms with Crippen LogP contribution in [0.25, 0.3) is 10.9 Å². The van der Waals surface area contributed by atoms with E-state index >= 15 is 0 Å². The summed E-state index contributed by atoms with van der Waals surface area (Å²) in [6.45, 7) is 8.12. The molecular weight excluding hydrogens is 374 g/mol. The third kappa shape index (κ3) is 3.22. The summed E-state index contributed by atoms with van der Waals surface area (Å²) < 4.78 is 2.14. The normalized spacial score (nSPS) is 21.9. The molecule has 1 amide bonds. The van der Waals surface area contributed by atoms with Gasteiger partial charge in [-0.1, -0.05) is 19.1 Å². The number of nitrogens with one attached hydrogen (secondary N) is 1. The second kappa shape index (κ2) is 7.56. The monoisotopic (exact) mass is 405 g/mol. The van der Waals surface area contributed by atoms with Crippen molar-refractivity contribution in [1.82, 2.24) is 24.6 Å². The second-order valence-corrected chi connectivity index (χ2v) is 9.44. The second-order valence-electron chi connectivity index (χ2n) is 9.44. The maximum absolute atomic E-state index is 13.6. The fraction of sp³-hybridized carbons (Fsp3) is 0.542. The summed E-state index contributed by atoms with van der Waals surface area (Å²) in [5.74, 6) is 2.08. The van der Waals surface area contributed by atoms with Crippen LogP contribution in [0.15, 0.2) is 24.5 Å². The van der Waals surface area contributed by atoms with Gasteiger partial charge in [-0.15, -0.1) is 10.2 Å². The number of carbonyl (C=O) groups is 1. The summed E-state index contributed by atoms with van der Waals surface area (Å²) in [5.41, 5.74) is 4.57. The molecule has 1 N–H and O–H groups in total.